The van der Waals surface area contributed by atoms with E-state index in [9.17, 15) is 8.42 Å². The summed E-state index contributed by atoms with van der Waals surface area (Å²) < 4.78 is 20.7. The second-order valence-corrected chi connectivity index (χ2v) is 3.30. The monoisotopic (exact) mass is 160 g/mol. The van der Waals surface area contributed by atoms with Gasteiger partial charge >= 0.3 is 0 Å². The van der Waals surface area contributed by atoms with Crippen LogP contribution >= 0.6 is 0 Å². The van der Waals surface area contributed by atoms with Crippen LogP contribution in [0.4, 0.5) is 0 Å². The first-order valence-electron chi connectivity index (χ1n) is 3.32. The molecule has 0 aromatic carbocycles. The van der Waals surface area contributed by atoms with Gasteiger partial charge in [-0.2, -0.15) is 0 Å². The van der Waals surface area contributed by atoms with E-state index in [1.54, 1.807) is 0 Å². The van der Waals surface area contributed by atoms with Crippen LogP contribution in [0.1, 0.15) is 26.2 Å². The summed E-state index contributed by atoms with van der Waals surface area (Å²) in [5.74, 6) is 2.24. The smallest absolute Gasteiger partial charge is 0.154 e. The molecule has 0 aliphatic heterocycles. The summed E-state index contributed by atoms with van der Waals surface area (Å²) in [5.41, 5.74) is 0. The van der Waals surface area contributed by atoms with Crippen LogP contribution in [-0.2, 0) is 10.7 Å². The number of thiol groups is 1. The Morgan fingerprint density at radius 2 is 2.20 bits per heavy atom. The Morgan fingerprint density at radius 3 is 2.50 bits per heavy atom. The number of hydrogen-bond donors (Lipinski definition) is 1. The Morgan fingerprint density at radius 1 is 1.60 bits per heavy atom. The van der Waals surface area contributed by atoms with Crippen molar-refractivity contribution >= 4 is 10.7 Å². The van der Waals surface area contributed by atoms with Gasteiger partial charge in [0.15, 0.2) is 10.7 Å². The first kappa shape index (κ1) is 9.51. The molecule has 0 aromatic rings. The van der Waals surface area contributed by atoms with Gasteiger partial charge in [-0.3, -0.25) is 0 Å². The van der Waals surface area contributed by atoms with Crippen molar-refractivity contribution in [3.05, 3.63) is 0 Å². The molecule has 0 spiro atoms. The van der Waals surface area contributed by atoms with E-state index >= 15 is 0 Å². The molecular weight excluding hydrogens is 148 g/mol. The predicted molar refractivity (Wildman–Crippen MR) is 42.5 cm³/mol. The molecule has 0 fully saturated rings. The number of terminal acetylenes is 1. The fraction of sp³-hybridized carbons (Fsp3) is 0.714. The fourth-order valence-electron chi connectivity index (χ4n) is 0.647. The Kier molecular flexibility index (Phi) is 5.05. The molecule has 58 valence electrons. The van der Waals surface area contributed by atoms with E-state index in [2.05, 4.69) is 5.92 Å². The molecular formula is C7H12O2S. The van der Waals surface area contributed by atoms with Crippen LogP contribution < -0.4 is 0 Å². The zero-order valence-corrected chi connectivity index (χ0v) is 6.93. The number of hydrogen-bond acceptors (Lipinski definition) is 2. The molecule has 1 atom stereocenters. The van der Waals surface area contributed by atoms with Gasteiger partial charge in [-0.15, -0.1) is 6.42 Å². The average molecular weight is 160 g/mol. The molecule has 0 saturated carbocycles. The van der Waals surface area contributed by atoms with Crippen LogP contribution in [0, 0.1) is 12.3 Å². The second-order valence-electron chi connectivity index (χ2n) is 2.11. The molecule has 1 unspecified atom stereocenters. The molecule has 0 amide bonds. The van der Waals surface area contributed by atoms with Gasteiger partial charge in [-0.1, -0.05) is 25.7 Å². The van der Waals surface area contributed by atoms with Crippen molar-refractivity contribution in [1.82, 2.24) is 0 Å². The van der Waals surface area contributed by atoms with Gasteiger partial charge in [0.25, 0.3) is 0 Å². The van der Waals surface area contributed by atoms with Crippen LogP contribution in [-0.4, -0.2) is 13.7 Å². The predicted octanol–water partition coefficient (Wildman–Crippen LogP) is 0.790. The van der Waals surface area contributed by atoms with E-state index in [0.29, 0.717) is 6.42 Å². The second kappa shape index (κ2) is 5.31. The van der Waals surface area contributed by atoms with Crippen molar-refractivity contribution in [3.8, 4) is 12.3 Å². The quantitative estimate of drug-likeness (QED) is 0.487. The van der Waals surface area contributed by atoms with E-state index in [-0.39, 0.29) is 0 Å². The SMILES string of the molecule is C#CC(CCCC)[SH](=O)=O. The summed E-state index contributed by atoms with van der Waals surface area (Å²) in [6.45, 7) is 2.01. The van der Waals surface area contributed by atoms with Crippen LogP contribution in [0.2, 0.25) is 0 Å². The van der Waals surface area contributed by atoms with Gasteiger partial charge in [0, 0.05) is 0 Å². The van der Waals surface area contributed by atoms with Gasteiger partial charge in [-0.25, -0.2) is 8.42 Å². The summed E-state index contributed by atoms with van der Waals surface area (Å²) in [5, 5.41) is -0.546. The molecule has 3 heteroatoms. The molecule has 10 heavy (non-hydrogen) atoms. The fourth-order valence-corrected chi connectivity index (χ4v) is 1.16. The molecule has 0 aromatic heterocycles. The van der Waals surface area contributed by atoms with Crippen molar-refractivity contribution in [2.75, 3.05) is 0 Å². The van der Waals surface area contributed by atoms with E-state index < -0.39 is 16.0 Å². The standard InChI is InChI=1S/C7H12O2S/c1-3-5-6-7(4-2)10(8)9/h2,7,10H,3,5-6H2,1H3. The first-order valence-corrected chi connectivity index (χ1v) is 4.56. The summed E-state index contributed by atoms with van der Waals surface area (Å²) in [6, 6.07) is 0. The van der Waals surface area contributed by atoms with Gasteiger partial charge in [0.2, 0.25) is 0 Å². The maximum absolute atomic E-state index is 10.3. The topological polar surface area (TPSA) is 34.1 Å². The number of unbranched alkanes of at least 4 members (excludes halogenated alkanes) is 1. The van der Waals surface area contributed by atoms with E-state index in [1.807, 2.05) is 6.92 Å². The van der Waals surface area contributed by atoms with E-state index in [1.165, 1.54) is 0 Å². The Hall–Kier alpha value is -0.490. The first-order chi connectivity index (χ1) is 4.72. The molecule has 2 nitrogen and oxygen atoms in total. The highest BCUT2D eigenvalue weighted by Gasteiger charge is 2.04. The zero-order valence-electron chi connectivity index (χ0n) is 6.04. The van der Waals surface area contributed by atoms with Crippen molar-refractivity contribution in [1.29, 1.82) is 0 Å². The highest BCUT2D eigenvalue weighted by atomic mass is 32.2. The highest BCUT2D eigenvalue weighted by Crippen LogP contribution is 2.01. The Labute approximate surface area is 63.6 Å². The Bertz CT molecular complexity index is 180. The van der Waals surface area contributed by atoms with Crippen LogP contribution in [0.3, 0.4) is 0 Å². The number of rotatable bonds is 4. The molecule has 0 aliphatic rings. The third-order valence-electron chi connectivity index (χ3n) is 1.28. The van der Waals surface area contributed by atoms with E-state index in [0.717, 1.165) is 12.8 Å². The van der Waals surface area contributed by atoms with Crippen molar-refractivity contribution in [2.45, 2.75) is 31.4 Å². The maximum atomic E-state index is 10.3. The average Bonchev–Trinajstić information content (AvgIpc) is 1.89. The summed E-state index contributed by atoms with van der Waals surface area (Å²) in [7, 11) is -2.41. The minimum atomic E-state index is -2.41. The van der Waals surface area contributed by atoms with Crippen molar-refractivity contribution in [2.24, 2.45) is 0 Å². The molecule has 0 saturated heterocycles. The lowest BCUT2D eigenvalue weighted by atomic mass is 10.2. The molecule has 0 heterocycles. The van der Waals surface area contributed by atoms with Gasteiger partial charge in [-0.05, 0) is 6.42 Å². The minimum absolute atomic E-state index is 0.546. The third-order valence-corrected chi connectivity index (χ3v) is 2.19. The van der Waals surface area contributed by atoms with E-state index in [4.69, 9.17) is 6.42 Å². The van der Waals surface area contributed by atoms with Crippen molar-refractivity contribution < 1.29 is 8.42 Å². The largest absolute Gasteiger partial charge is 0.231 e. The summed E-state index contributed by atoms with van der Waals surface area (Å²) in [6.07, 6.45) is 7.46. The van der Waals surface area contributed by atoms with Crippen molar-refractivity contribution in [3.63, 3.8) is 0 Å². The normalized spacial score (nSPS) is 12.9. The molecule has 0 N–H and O–H groups in total. The third kappa shape index (κ3) is 3.52. The maximum Gasteiger partial charge on any atom is 0.154 e. The Balaban J connectivity index is 3.76. The van der Waals surface area contributed by atoms with Gasteiger partial charge in [0.05, 0.1) is 0 Å². The molecule has 0 radical (unpaired) electrons. The summed E-state index contributed by atoms with van der Waals surface area (Å²) >= 11 is 0. The van der Waals surface area contributed by atoms with Gasteiger partial charge < -0.3 is 0 Å². The summed E-state index contributed by atoms with van der Waals surface area (Å²) in [4.78, 5) is 0. The van der Waals surface area contributed by atoms with Crippen LogP contribution in [0.25, 0.3) is 0 Å². The lowest BCUT2D eigenvalue weighted by Gasteiger charge is -1.98. The zero-order chi connectivity index (χ0) is 7.98. The van der Waals surface area contributed by atoms with Gasteiger partial charge in [0.1, 0.15) is 5.25 Å². The lowest BCUT2D eigenvalue weighted by Crippen LogP contribution is -2.05. The molecule has 0 bridgehead atoms. The molecule has 0 aliphatic carbocycles. The minimum Gasteiger partial charge on any atom is -0.231 e. The lowest BCUT2D eigenvalue weighted by molar-refractivity contribution is 0.600. The highest BCUT2D eigenvalue weighted by molar-refractivity contribution is 7.73. The van der Waals surface area contributed by atoms with Crippen LogP contribution in [0.5, 0.6) is 0 Å². The van der Waals surface area contributed by atoms with Crippen LogP contribution in [0.15, 0.2) is 0 Å². The molecule has 0 rings (SSSR count).